The molecular weight excluding hydrogens is 398 g/mol. The lowest BCUT2D eigenvalue weighted by Gasteiger charge is -2.31. The second kappa shape index (κ2) is 13.9. The zero-order valence-electron chi connectivity index (χ0n) is 19.7. The van der Waals surface area contributed by atoms with Crippen LogP contribution >= 0.6 is 0 Å². The van der Waals surface area contributed by atoms with E-state index in [9.17, 15) is 0 Å². The quantitative estimate of drug-likeness (QED) is 0.320. The molecule has 6 nitrogen and oxygen atoms in total. The Bertz CT molecular complexity index is 786. The second-order valence-electron chi connectivity index (χ2n) is 8.43. The van der Waals surface area contributed by atoms with Crippen molar-refractivity contribution in [3.8, 4) is 0 Å². The van der Waals surface area contributed by atoms with Gasteiger partial charge >= 0.3 is 0 Å². The average Bonchev–Trinajstić information content (AvgIpc) is 2.82. The lowest BCUT2D eigenvalue weighted by atomic mass is 10.1. The second-order valence-corrected chi connectivity index (χ2v) is 8.43. The van der Waals surface area contributed by atoms with E-state index in [1.807, 2.05) is 13.1 Å². The van der Waals surface area contributed by atoms with E-state index in [1.54, 1.807) is 0 Å². The lowest BCUT2D eigenvalue weighted by molar-refractivity contribution is 0.00566. The summed E-state index contributed by atoms with van der Waals surface area (Å²) in [5.41, 5.74) is 3.68. The number of nitrogens with one attached hydrogen (secondary N) is 2. The van der Waals surface area contributed by atoms with Crippen LogP contribution < -0.4 is 10.6 Å². The van der Waals surface area contributed by atoms with Crippen molar-refractivity contribution in [1.82, 2.24) is 20.5 Å². The van der Waals surface area contributed by atoms with Crippen molar-refractivity contribution in [1.29, 1.82) is 0 Å². The number of aromatic nitrogens is 1. The number of likely N-dealkylation sites (tertiary alicyclic amines) is 1. The fourth-order valence-corrected chi connectivity index (χ4v) is 3.89. The first-order valence-electron chi connectivity index (χ1n) is 12.0. The van der Waals surface area contributed by atoms with Crippen molar-refractivity contribution >= 4 is 5.96 Å². The topological polar surface area (TPSA) is 61.8 Å². The largest absolute Gasteiger partial charge is 0.378 e. The van der Waals surface area contributed by atoms with E-state index in [4.69, 9.17) is 9.73 Å². The smallest absolute Gasteiger partial charge is 0.191 e. The first-order valence-corrected chi connectivity index (χ1v) is 12.0. The van der Waals surface area contributed by atoms with Gasteiger partial charge in [-0.3, -0.25) is 14.9 Å². The van der Waals surface area contributed by atoms with Gasteiger partial charge in [-0.1, -0.05) is 36.4 Å². The molecule has 1 fully saturated rings. The van der Waals surface area contributed by atoms with Crippen LogP contribution in [0.2, 0.25) is 0 Å². The maximum Gasteiger partial charge on any atom is 0.191 e. The molecule has 0 atom stereocenters. The van der Waals surface area contributed by atoms with Crippen molar-refractivity contribution in [2.24, 2.45) is 4.99 Å². The molecule has 6 heteroatoms. The number of guanidine groups is 1. The number of piperidine rings is 1. The molecule has 32 heavy (non-hydrogen) atoms. The molecule has 0 radical (unpaired) electrons. The number of aliphatic imine (C=N–C) groups is 1. The van der Waals surface area contributed by atoms with Crippen molar-refractivity contribution in [2.45, 2.75) is 52.2 Å². The summed E-state index contributed by atoms with van der Waals surface area (Å²) in [5.74, 6) is 0.877. The predicted octanol–water partition coefficient (Wildman–Crippen LogP) is 3.56. The number of hydrogen-bond donors (Lipinski definition) is 2. The molecule has 174 valence electrons. The molecule has 0 bridgehead atoms. The average molecular weight is 438 g/mol. The van der Waals surface area contributed by atoms with Crippen molar-refractivity contribution < 1.29 is 4.74 Å². The molecule has 0 spiro atoms. The van der Waals surface area contributed by atoms with E-state index in [1.165, 1.54) is 11.1 Å². The minimum absolute atomic E-state index is 0.389. The Morgan fingerprint density at radius 3 is 2.62 bits per heavy atom. The fraction of sp³-hybridized carbons (Fsp3) is 0.538. The zero-order chi connectivity index (χ0) is 22.4. The Morgan fingerprint density at radius 1 is 1.09 bits per heavy atom. The van der Waals surface area contributed by atoms with Gasteiger partial charge in [-0.25, -0.2) is 0 Å². The van der Waals surface area contributed by atoms with Crippen molar-refractivity contribution in [3.05, 3.63) is 65.5 Å². The summed E-state index contributed by atoms with van der Waals surface area (Å²) in [5, 5.41) is 6.73. The van der Waals surface area contributed by atoms with Gasteiger partial charge in [0.1, 0.15) is 0 Å². The summed E-state index contributed by atoms with van der Waals surface area (Å²) in [6.07, 6.45) is 6.46. The van der Waals surface area contributed by atoms with Crippen LogP contribution in [0.4, 0.5) is 0 Å². The highest BCUT2D eigenvalue weighted by molar-refractivity contribution is 5.79. The summed E-state index contributed by atoms with van der Waals surface area (Å²) in [6, 6.07) is 14.9. The number of ether oxygens (including phenoxy) is 1. The van der Waals surface area contributed by atoms with E-state index in [0.717, 1.165) is 83.2 Å². The van der Waals surface area contributed by atoms with Crippen LogP contribution in [0.1, 0.15) is 43.0 Å². The maximum atomic E-state index is 6.13. The van der Waals surface area contributed by atoms with Crippen LogP contribution in [-0.2, 0) is 17.7 Å². The summed E-state index contributed by atoms with van der Waals surface area (Å²) < 4.78 is 6.13. The molecule has 2 N–H and O–H groups in total. The molecule has 0 unspecified atom stereocenters. The highest BCUT2D eigenvalue weighted by atomic mass is 16.5. The van der Waals surface area contributed by atoms with Crippen LogP contribution in [0.15, 0.2) is 53.7 Å². The van der Waals surface area contributed by atoms with Gasteiger partial charge in [0.25, 0.3) is 0 Å². The highest BCUT2D eigenvalue weighted by Crippen LogP contribution is 2.16. The molecule has 1 aromatic carbocycles. The van der Waals surface area contributed by atoms with E-state index in [-0.39, 0.29) is 0 Å². The van der Waals surface area contributed by atoms with Crippen LogP contribution in [0.5, 0.6) is 0 Å². The van der Waals surface area contributed by atoms with Gasteiger partial charge in [-0.15, -0.1) is 0 Å². The normalized spacial score (nSPS) is 15.6. The number of rotatable bonds is 11. The molecule has 3 rings (SSSR count). The summed E-state index contributed by atoms with van der Waals surface area (Å²) in [4.78, 5) is 11.6. The zero-order valence-corrected chi connectivity index (χ0v) is 19.7. The molecular formula is C26H39N5O. The van der Waals surface area contributed by atoms with Gasteiger partial charge in [0.2, 0.25) is 0 Å². The number of aryl methyl sites for hydroxylation is 1. The number of pyridine rings is 1. The monoisotopic (exact) mass is 437 g/mol. The van der Waals surface area contributed by atoms with Gasteiger partial charge in [-0.05, 0) is 56.7 Å². The fourth-order valence-electron chi connectivity index (χ4n) is 3.89. The highest BCUT2D eigenvalue weighted by Gasteiger charge is 2.19. The van der Waals surface area contributed by atoms with Gasteiger partial charge < -0.3 is 15.4 Å². The van der Waals surface area contributed by atoms with Crippen LogP contribution in [0.3, 0.4) is 0 Å². The summed E-state index contributed by atoms with van der Waals surface area (Å²) in [6.45, 7) is 10.6. The molecule has 0 saturated carbocycles. The van der Waals surface area contributed by atoms with E-state index in [0.29, 0.717) is 6.10 Å². The standard InChI is InChI=1S/C26H39N5O/c1-3-27-26(29-16-12-23-11-10-22(2)30-20-23)28-15-7-19-32-25-13-17-31(18-14-25)21-24-8-5-4-6-9-24/h4-6,8-11,20,25H,3,7,12-19,21H2,1-2H3,(H2,27,28,29). The van der Waals surface area contributed by atoms with Crippen molar-refractivity contribution in [3.63, 3.8) is 0 Å². The Morgan fingerprint density at radius 2 is 1.91 bits per heavy atom. The third kappa shape index (κ3) is 8.97. The minimum Gasteiger partial charge on any atom is -0.378 e. The summed E-state index contributed by atoms with van der Waals surface area (Å²) >= 11 is 0. The minimum atomic E-state index is 0.389. The Balaban J connectivity index is 1.27. The summed E-state index contributed by atoms with van der Waals surface area (Å²) in [7, 11) is 0. The number of nitrogens with zero attached hydrogens (tertiary/aromatic N) is 3. The third-order valence-electron chi connectivity index (χ3n) is 5.73. The van der Waals surface area contributed by atoms with E-state index in [2.05, 4.69) is 69.9 Å². The molecule has 0 aliphatic carbocycles. The Kier molecular flexibility index (Phi) is 10.5. The molecule has 0 amide bonds. The van der Waals surface area contributed by atoms with E-state index >= 15 is 0 Å². The van der Waals surface area contributed by atoms with Gasteiger partial charge in [0.15, 0.2) is 5.96 Å². The van der Waals surface area contributed by atoms with Gasteiger partial charge in [-0.2, -0.15) is 0 Å². The van der Waals surface area contributed by atoms with Crippen LogP contribution in [0, 0.1) is 6.92 Å². The third-order valence-corrected chi connectivity index (χ3v) is 5.73. The van der Waals surface area contributed by atoms with Crippen LogP contribution in [-0.4, -0.2) is 61.3 Å². The Labute approximate surface area is 193 Å². The van der Waals surface area contributed by atoms with E-state index < -0.39 is 0 Å². The molecule has 1 aromatic heterocycles. The first kappa shape index (κ1) is 24.2. The number of benzene rings is 1. The molecule has 1 aliphatic rings. The SMILES string of the molecule is CCNC(=NCCCOC1CCN(Cc2ccccc2)CC1)NCCc1ccc(C)nc1. The van der Waals surface area contributed by atoms with Crippen molar-refractivity contribution in [2.75, 3.05) is 39.3 Å². The van der Waals surface area contributed by atoms with Crippen LogP contribution in [0.25, 0.3) is 0 Å². The number of hydrogen-bond acceptors (Lipinski definition) is 4. The lowest BCUT2D eigenvalue weighted by Crippen LogP contribution is -2.38. The molecule has 1 saturated heterocycles. The predicted molar refractivity (Wildman–Crippen MR) is 132 cm³/mol. The molecule has 2 heterocycles. The molecule has 1 aliphatic heterocycles. The van der Waals surface area contributed by atoms with Gasteiger partial charge in [0, 0.05) is 57.8 Å². The molecule has 2 aromatic rings. The Hall–Kier alpha value is -2.44. The first-order chi connectivity index (χ1) is 15.7. The van der Waals surface area contributed by atoms with Gasteiger partial charge in [0.05, 0.1) is 6.10 Å². The maximum absolute atomic E-state index is 6.13.